The molecule has 0 radical (unpaired) electrons. The smallest absolute Gasteiger partial charge is 0.231 e. The van der Waals surface area contributed by atoms with E-state index in [9.17, 15) is 13.2 Å². The average Bonchev–Trinajstić information content (AvgIpc) is 3.21. The zero-order valence-corrected chi connectivity index (χ0v) is 18.6. The number of benzene rings is 2. The van der Waals surface area contributed by atoms with Gasteiger partial charge in [-0.1, -0.05) is 18.2 Å². The Bertz CT molecular complexity index is 1210. The summed E-state index contributed by atoms with van der Waals surface area (Å²) in [5.74, 6) is 1.16. The van der Waals surface area contributed by atoms with E-state index in [0.717, 1.165) is 17.4 Å². The standard InChI is InChI=1S/C21H21N3O5S2/c1-24(31(2,26)27)16-6-4-15(5-7-16)17-13-30-21(22-17)23-20(25)12-14-3-8-18-19(11-14)29-10-9-28-18/h3-8,11,13H,9-10,12H2,1-2H3,(H,22,23,25). The number of rotatable bonds is 6. The van der Waals surface area contributed by atoms with Crippen molar-refractivity contribution in [3.8, 4) is 22.8 Å². The number of aromatic nitrogens is 1. The molecule has 0 bridgehead atoms. The van der Waals surface area contributed by atoms with Gasteiger partial charge in [0, 0.05) is 18.0 Å². The third-order valence-electron chi connectivity index (χ3n) is 4.75. The van der Waals surface area contributed by atoms with E-state index in [1.165, 1.54) is 22.7 Å². The molecule has 1 aromatic heterocycles. The number of nitrogens with zero attached hydrogens (tertiary/aromatic N) is 2. The molecule has 162 valence electrons. The van der Waals surface area contributed by atoms with Crippen LogP contribution in [0.1, 0.15) is 5.56 Å². The molecule has 0 unspecified atom stereocenters. The highest BCUT2D eigenvalue weighted by atomic mass is 32.2. The van der Waals surface area contributed by atoms with Crippen LogP contribution in [0, 0.1) is 0 Å². The van der Waals surface area contributed by atoms with Crippen LogP contribution < -0.4 is 19.1 Å². The predicted molar refractivity (Wildman–Crippen MR) is 121 cm³/mol. The van der Waals surface area contributed by atoms with Gasteiger partial charge >= 0.3 is 0 Å². The monoisotopic (exact) mass is 459 g/mol. The fourth-order valence-electron chi connectivity index (χ4n) is 3.04. The number of anilines is 2. The topological polar surface area (TPSA) is 97.8 Å². The van der Waals surface area contributed by atoms with E-state index in [1.54, 1.807) is 24.3 Å². The molecule has 1 N–H and O–H groups in total. The van der Waals surface area contributed by atoms with Crippen molar-refractivity contribution in [2.75, 3.05) is 36.1 Å². The molecule has 0 saturated heterocycles. The zero-order valence-electron chi connectivity index (χ0n) is 17.0. The van der Waals surface area contributed by atoms with Crippen LogP contribution in [-0.4, -0.2) is 45.8 Å². The zero-order chi connectivity index (χ0) is 22.0. The molecule has 8 nitrogen and oxygen atoms in total. The van der Waals surface area contributed by atoms with Gasteiger partial charge in [-0.05, 0) is 29.8 Å². The summed E-state index contributed by atoms with van der Waals surface area (Å²) in [6.07, 6.45) is 1.35. The van der Waals surface area contributed by atoms with Crippen LogP contribution in [0.2, 0.25) is 0 Å². The Labute approximate surface area is 184 Å². The Balaban J connectivity index is 1.40. The highest BCUT2D eigenvalue weighted by Crippen LogP contribution is 2.31. The first-order valence-corrected chi connectivity index (χ1v) is 12.2. The number of hydrogen-bond donors (Lipinski definition) is 1. The number of ether oxygens (including phenoxy) is 2. The number of fused-ring (bicyclic) bond motifs is 1. The molecule has 0 saturated carbocycles. The molecular weight excluding hydrogens is 438 g/mol. The molecule has 1 aliphatic rings. The molecule has 2 aromatic carbocycles. The van der Waals surface area contributed by atoms with Gasteiger partial charge in [0.25, 0.3) is 0 Å². The highest BCUT2D eigenvalue weighted by Gasteiger charge is 2.15. The summed E-state index contributed by atoms with van der Waals surface area (Å²) in [6, 6.07) is 12.5. The lowest BCUT2D eigenvalue weighted by Gasteiger charge is -2.18. The van der Waals surface area contributed by atoms with Crippen LogP contribution in [0.5, 0.6) is 11.5 Å². The largest absolute Gasteiger partial charge is 0.486 e. The van der Waals surface area contributed by atoms with Gasteiger partial charge in [0.1, 0.15) is 13.2 Å². The predicted octanol–water partition coefficient (Wildman–Crippen LogP) is 3.16. The molecule has 0 fully saturated rings. The molecule has 0 spiro atoms. The van der Waals surface area contributed by atoms with Crippen LogP contribution in [0.3, 0.4) is 0 Å². The van der Waals surface area contributed by atoms with Crippen LogP contribution in [0.15, 0.2) is 47.8 Å². The van der Waals surface area contributed by atoms with E-state index in [4.69, 9.17) is 9.47 Å². The van der Waals surface area contributed by atoms with Crippen molar-refractivity contribution in [3.05, 3.63) is 53.4 Å². The summed E-state index contributed by atoms with van der Waals surface area (Å²) in [4.78, 5) is 16.9. The SMILES string of the molecule is CN(c1ccc(-c2csc(NC(=O)Cc3ccc4c(c3)OCCO4)n2)cc1)S(C)(=O)=O. The van der Waals surface area contributed by atoms with Crippen LogP contribution in [-0.2, 0) is 21.2 Å². The van der Waals surface area contributed by atoms with Crippen molar-refractivity contribution in [2.24, 2.45) is 0 Å². The van der Waals surface area contributed by atoms with Gasteiger partial charge in [-0.25, -0.2) is 13.4 Å². The van der Waals surface area contributed by atoms with E-state index in [0.29, 0.717) is 41.2 Å². The summed E-state index contributed by atoms with van der Waals surface area (Å²) in [5, 5.41) is 5.16. The van der Waals surface area contributed by atoms with Gasteiger partial charge < -0.3 is 14.8 Å². The number of thiazole rings is 1. The number of nitrogens with one attached hydrogen (secondary N) is 1. The first-order valence-electron chi connectivity index (χ1n) is 9.48. The third-order valence-corrected chi connectivity index (χ3v) is 6.71. The maximum atomic E-state index is 12.4. The Morgan fingerprint density at radius 1 is 1.13 bits per heavy atom. The Kier molecular flexibility index (Phi) is 5.84. The summed E-state index contributed by atoms with van der Waals surface area (Å²) >= 11 is 1.33. The molecule has 2 heterocycles. The van der Waals surface area contributed by atoms with Gasteiger partial charge in [0.15, 0.2) is 16.6 Å². The summed E-state index contributed by atoms with van der Waals surface area (Å²) < 4.78 is 35.6. The van der Waals surface area contributed by atoms with Crippen molar-refractivity contribution in [1.82, 2.24) is 4.98 Å². The summed E-state index contributed by atoms with van der Waals surface area (Å²) in [5.41, 5.74) is 2.92. The second-order valence-corrected chi connectivity index (χ2v) is 9.89. The van der Waals surface area contributed by atoms with Gasteiger partial charge in [0.05, 0.1) is 24.1 Å². The molecular formula is C21H21N3O5S2. The van der Waals surface area contributed by atoms with Crippen molar-refractivity contribution < 1.29 is 22.7 Å². The number of hydrogen-bond acceptors (Lipinski definition) is 7. The second-order valence-electron chi connectivity index (χ2n) is 7.02. The quantitative estimate of drug-likeness (QED) is 0.608. The number of carbonyl (C=O) groups excluding carboxylic acids is 1. The first-order chi connectivity index (χ1) is 14.8. The average molecular weight is 460 g/mol. The number of carbonyl (C=O) groups is 1. The first kappa shape index (κ1) is 21.1. The van der Waals surface area contributed by atoms with Crippen LogP contribution in [0.4, 0.5) is 10.8 Å². The molecule has 4 rings (SSSR count). The molecule has 3 aromatic rings. The van der Waals surface area contributed by atoms with Crippen molar-refractivity contribution in [2.45, 2.75) is 6.42 Å². The molecule has 0 atom stereocenters. The summed E-state index contributed by atoms with van der Waals surface area (Å²) in [7, 11) is -1.81. The highest BCUT2D eigenvalue weighted by molar-refractivity contribution is 7.92. The van der Waals surface area contributed by atoms with E-state index in [1.807, 2.05) is 23.6 Å². The maximum Gasteiger partial charge on any atom is 0.231 e. The van der Waals surface area contributed by atoms with E-state index in [-0.39, 0.29) is 12.3 Å². The lowest BCUT2D eigenvalue weighted by Crippen LogP contribution is -2.24. The Morgan fingerprint density at radius 3 is 2.55 bits per heavy atom. The normalized spacial score (nSPS) is 13.0. The van der Waals surface area contributed by atoms with Crippen LogP contribution in [0.25, 0.3) is 11.3 Å². The fourth-order valence-corrected chi connectivity index (χ4v) is 4.28. The minimum Gasteiger partial charge on any atom is -0.486 e. The van der Waals surface area contributed by atoms with Gasteiger partial charge in [-0.3, -0.25) is 9.10 Å². The molecule has 1 amide bonds. The molecule has 1 aliphatic heterocycles. The van der Waals surface area contributed by atoms with Crippen molar-refractivity contribution in [1.29, 1.82) is 0 Å². The number of sulfonamides is 1. The van der Waals surface area contributed by atoms with Gasteiger partial charge in [-0.15, -0.1) is 11.3 Å². The Morgan fingerprint density at radius 2 is 1.84 bits per heavy atom. The Hall–Kier alpha value is -3.11. The van der Waals surface area contributed by atoms with Crippen LogP contribution >= 0.6 is 11.3 Å². The number of amides is 1. The van der Waals surface area contributed by atoms with Crippen molar-refractivity contribution in [3.63, 3.8) is 0 Å². The van der Waals surface area contributed by atoms with E-state index < -0.39 is 10.0 Å². The fraction of sp³-hybridized carbons (Fsp3) is 0.238. The third kappa shape index (κ3) is 4.97. The maximum absolute atomic E-state index is 12.4. The lowest BCUT2D eigenvalue weighted by molar-refractivity contribution is -0.115. The van der Waals surface area contributed by atoms with Gasteiger partial charge in [-0.2, -0.15) is 0 Å². The second kappa shape index (κ2) is 8.56. The van der Waals surface area contributed by atoms with E-state index in [2.05, 4.69) is 10.3 Å². The van der Waals surface area contributed by atoms with E-state index >= 15 is 0 Å². The van der Waals surface area contributed by atoms with Crippen molar-refractivity contribution >= 4 is 38.1 Å². The molecule has 31 heavy (non-hydrogen) atoms. The minimum absolute atomic E-state index is 0.178. The minimum atomic E-state index is -3.32. The lowest BCUT2D eigenvalue weighted by atomic mass is 10.1. The van der Waals surface area contributed by atoms with Gasteiger partial charge in [0.2, 0.25) is 15.9 Å². The molecule has 0 aliphatic carbocycles. The summed E-state index contributed by atoms with van der Waals surface area (Å²) in [6.45, 7) is 1.02. The molecule has 10 heteroatoms.